The highest BCUT2D eigenvalue weighted by Gasteiger charge is 2.14. The van der Waals surface area contributed by atoms with E-state index in [1.54, 1.807) is 23.0 Å². The molecule has 4 nitrogen and oxygen atoms in total. The zero-order chi connectivity index (χ0) is 13.0. The third-order valence-corrected chi connectivity index (χ3v) is 3.84. The summed E-state index contributed by atoms with van der Waals surface area (Å²) in [6, 6.07) is 6.89. The normalized spacial score (nSPS) is 12.6. The van der Waals surface area contributed by atoms with E-state index in [9.17, 15) is 4.39 Å². The minimum Gasteiger partial charge on any atom is -0.311 e. The van der Waals surface area contributed by atoms with Crippen molar-refractivity contribution in [3.8, 4) is 0 Å². The van der Waals surface area contributed by atoms with E-state index in [4.69, 9.17) is 0 Å². The molecular formula is C12H15FN4S. The Morgan fingerprint density at radius 3 is 2.83 bits per heavy atom. The van der Waals surface area contributed by atoms with Crippen LogP contribution in [-0.2, 0) is 7.05 Å². The van der Waals surface area contributed by atoms with Crippen molar-refractivity contribution in [1.29, 1.82) is 0 Å². The Hall–Kier alpha value is -1.40. The van der Waals surface area contributed by atoms with Gasteiger partial charge in [-0.15, -0.1) is 16.9 Å². The van der Waals surface area contributed by atoms with Crippen molar-refractivity contribution < 1.29 is 4.39 Å². The monoisotopic (exact) mass is 266 g/mol. The Bertz CT molecular complexity index is 514. The molecule has 6 heteroatoms. The fourth-order valence-electron chi connectivity index (χ4n) is 1.66. The van der Waals surface area contributed by atoms with Gasteiger partial charge in [-0.3, -0.25) is 4.68 Å². The molecule has 1 heterocycles. The third-order valence-electron chi connectivity index (χ3n) is 2.70. The number of thioether (sulfide) groups is 1. The van der Waals surface area contributed by atoms with Crippen LogP contribution < -0.4 is 5.32 Å². The van der Waals surface area contributed by atoms with Gasteiger partial charge in [0.25, 0.3) is 0 Å². The first kappa shape index (κ1) is 13.0. The predicted octanol–water partition coefficient (Wildman–Crippen LogP) is 2.01. The Kier molecular flexibility index (Phi) is 4.33. The lowest BCUT2D eigenvalue weighted by Crippen LogP contribution is -2.21. The largest absolute Gasteiger partial charge is 0.311 e. The van der Waals surface area contributed by atoms with Gasteiger partial charge in [0.05, 0.1) is 17.9 Å². The minimum atomic E-state index is -0.180. The molecule has 0 aliphatic rings. The van der Waals surface area contributed by atoms with Crippen molar-refractivity contribution in [2.75, 3.05) is 12.8 Å². The molecule has 96 valence electrons. The van der Waals surface area contributed by atoms with Crippen LogP contribution in [0.2, 0.25) is 0 Å². The van der Waals surface area contributed by atoms with Crippen LogP contribution in [0.5, 0.6) is 0 Å². The van der Waals surface area contributed by atoms with Crippen LogP contribution >= 0.6 is 11.8 Å². The number of benzene rings is 1. The molecular weight excluding hydrogens is 251 g/mol. The number of aryl methyl sites for hydroxylation is 1. The van der Waals surface area contributed by atoms with Crippen molar-refractivity contribution in [3.05, 3.63) is 42.0 Å². The number of nitrogens with one attached hydrogen (secondary N) is 1. The fraction of sp³-hybridized carbons (Fsp3) is 0.333. The van der Waals surface area contributed by atoms with Crippen molar-refractivity contribution >= 4 is 11.8 Å². The highest BCUT2D eigenvalue weighted by molar-refractivity contribution is 7.99. The summed E-state index contributed by atoms with van der Waals surface area (Å²) in [6.07, 6.45) is 1.73. The average Bonchev–Trinajstić information content (AvgIpc) is 2.79. The lowest BCUT2D eigenvalue weighted by atomic mass is 10.2. The second-order valence-corrected chi connectivity index (χ2v) is 4.93. The van der Waals surface area contributed by atoms with E-state index in [1.165, 1.54) is 17.8 Å². The molecule has 2 aromatic rings. The Balaban J connectivity index is 2.05. The predicted molar refractivity (Wildman–Crippen MR) is 69.9 cm³/mol. The van der Waals surface area contributed by atoms with Gasteiger partial charge in [-0.2, -0.15) is 0 Å². The molecule has 0 radical (unpaired) electrons. The summed E-state index contributed by atoms with van der Waals surface area (Å²) in [4.78, 5) is 0.660. The van der Waals surface area contributed by atoms with Crippen LogP contribution in [0.25, 0.3) is 0 Å². The fourth-order valence-corrected chi connectivity index (χ4v) is 2.73. The summed E-state index contributed by atoms with van der Waals surface area (Å²) in [7, 11) is 3.72. The molecule has 0 fully saturated rings. The van der Waals surface area contributed by atoms with E-state index in [1.807, 2.05) is 20.2 Å². The molecule has 0 aliphatic carbocycles. The zero-order valence-corrected chi connectivity index (χ0v) is 11.1. The maximum absolute atomic E-state index is 13.5. The van der Waals surface area contributed by atoms with Gasteiger partial charge < -0.3 is 5.32 Å². The maximum Gasteiger partial charge on any atom is 0.136 e. The molecule has 0 amide bonds. The molecule has 0 saturated carbocycles. The molecule has 18 heavy (non-hydrogen) atoms. The van der Waals surface area contributed by atoms with Gasteiger partial charge in [-0.05, 0) is 19.2 Å². The number of rotatable bonds is 5. The maximum atomic E-state index is 13.5. The summed E-state index contributed by atoms with van der Waals surface area (Å²) < 4.78 is 15.2. The van der Waals surface area contributed by atoms with Crippen molar-refractivity contribution in [2.45, 2.75) is 10.9 Å². The van der Waals surface area contributed by atoms with Crippen molar-refractivity contribution in [1.82, 2.24) is 20.3 Å². The smallest absolute Gasteiger partial charge is 0.136 e. The lowest BCUT2D eigenvalue weighted by Gasteiger charge is -2.15. The summed E-state index contributed by atoms with van der Waals surface area (Å²) >= 11 is 1.48. The Labute approximate surface area is 110 Å². The first-order valence-corrected chi connectivity index (χ1v) is 6.60. The number of halogens is 1. The minimum absolute atomic E-state index is 0.0922. The molecule has 0 bridgehead atoms. The second kappa shape index (κ2) is 5.97. The molecule has 0 saturated heterocycles. The summed E-state index contributed by atoms with van der Waals surface area (Å²) in [5.41, 5.74) is 0.987. The van der Waals surface area contributed by atoms with Crippen LogP contribution in [-0.4, -0.2) is 27.8 Å². The van der Waals surface area contributed by atoms with Crippen molar-refractivity contribution in [2.24, 2.45) is 7.05 Å². The second-order valence-electron chi connectivity index (χ2n) is 3.87. The zero-order valence-electron chi connectivity index (χ0n) is 10.3. The quantitative estimate of drug-likeness (QED) is 0.841. The summed E-state index contributed by atoms with van der Waals surface area (Å²) in [5.74, 6) is 0.541. The van der Waals surface area contributed by atoms with E-state index in [2.05, 4.69) is 15.6 Å². The van der Waals surface area contributed by atoms with Crippen molar-refractivity contribution in [3.63, 3.8) is 0 Å². The standard InChI is InChI=1S/C12H15FN4S/c1-14-10(11-7-15-16-17(11)2)8-18-12-6-4-3-5-9(12)13/h3-7,10,14H,8H2,1-2H3. The lowest BCUT2D eigenvalue weighted by molar-refractivity contribution is 0.577. The number of hydrogen-bond acceptors (Lipinski definition) is 4. The number of aromatic nitrogens is 3. The molecule has 2 rings (SSSR count). The van der Waals surface area contributed by atoms with Crippen LogP contribution in [0.3, 0.4) is 0 Å². The summed E-state index contributed by atoms with van der Waals surface area (Å²) in [5, 5.41) is 10.9. The number of hydrogen-bond donors (Lipinski definition) is 1. The van der Waals surface area contributed by atoms with E-state index in [0.717, 1.165) is 11.4 Å². The topological polar surface area (TPSA) is 42.7 Å². The molecule has 1 aromatic carbocycles. The van der Waals surface area contributed by atoms with E-state index in [-0.39, 0.29) is 11.9 Å². The molecule has 1 unspecified atom stereocenters. The van der Waals surface area contributed by atoms with Gasteiger partial charge in [0.15, 0.2) is 0 Å². The van der Waals surface area contributed by atoms with E-state index >= 15 is 0 Å². The third kappa shape index (κ3) is 2.88. The van der Waals surface area contributed by atoms with Crippen LogP contribution in [0.15, 0.2) is 35.4 Å². The SMILES string of the molecule is CNC(CSc1ccccc1F)c1cnnn1C. The van der Waals surface area contributed by atoms with Crippen LogP contribution in [0.1, 0.15) is 11.7 Å². The average molecular weight is 266 g/mol. The highest BCUT2D eigenvalue weighted by Crippen LogP contribution is 2.25. The van der Waals surface area contributed by atoms with Gasteiger partial charge in [0.2, 0.25) is 0 Å². The van der Waals surface area contributed by atoms with Crippen LogP contribution in [0, 0.1) is 5.82 Å². The summed E-state index contributed by atoms with van der Waals surface area (Å²) in [6.45, 7) is 0. The van der Waals surface area contributed by atoms with Gasteiger partial charge in [-0.1, -0.05) is 17.3 Å². The first-order valence-electron chi connectivity index (χ1n) is 5.61. The van der Waals surface area contributed by atoms with Crippen LogP contribution in [0.4, 0.5) is 4.39 Å². The molecule has 1 N–H and O–H groups in total. The van der Waals surface area contributed by atoms with Gasteiger partial charge >= 0.3 is 0 Å². The van der Waals surface area contributed by atoms with E-state index in [0.29, 0.717) is 4.90 Å². The first-order chi connectivity index (χ1) is 8.72. The molecule has 1 aromatic heterocycles. The van der Waals surface area contributed by atoms with Gasteiger partial charge in [0, 0.05) is 17.7 Å². The highest BCUT2D eigenvalue weighted by atomic mass is 32.2. The Morgan fingerprint density at radius 2 is 2.22 bits per heavy atom. The van der Waals surface area contributed by atoms with E-state index < -0.39 is 0 Å². The van der Waals surface area contributed by atoms with Gasteiger partial charge in [0.1, 0.15) is 5.82 Å². The Morgan fingerprint density at radius 1 is 1.44 bits per heavy atom. The number of nitrogens with zero attached hydrogens (tertiary/aromatic N) is 3. The van der Waals surface area contributed by atoms with Gasteiger partial charge in [-0.25, -0.2) is 4.39 Å². The molecule has 0 spiro atoms. The molecule has 0 aliphatic heterocycles. The molecule has 1 atom stereocenters.